The lowest BCUT2D eigenvalue weighted by Gasteiger charge is -2.14. The molecule has 1 unspecified atom stereocenters. The van der Waals surface area contributed by atoms with Crippen molar-refractivity contribution in [2.24, 2.45) is 0 Å². The molecule has 0 radical (unpaired) electrons. The predicted octanol–water partition coefficient (Wildman–Crippen LogP) is 3.76. The summed E-state index contributed by atoms with van der Waals surface area (Å²) in [6, 6.07) is 6.92. The second kappa shape index (κ2) is 8.87. The molecule has 2 rings (SSSR count). The van der Waals surface area contributed by atoms with Gasteiger partial charge in [0.2, 0.25) is 0 Å². The van der Waals surface area contributed by atoms with Gasteiger partial charge in [0.25, 0.3) is 5.91 Å². The molecule has 0 bridgehead atoms. The first kappa shape index (κ1) is 19.7. The Morgan fingerprint density at radius 3 is 2.67 bits per heavy atom. The van der Waals surface area contributed by atoms with Gasteiger partial charge in [-0.3, -0.25) is 4.79 Å². The van der Waals surface area contributed by atoms with Crippen LogP contribution in [0.4, 0.5) is 5.69 Å². The Balaban J connectivity index is 0.00000200. The number of benzene rings is 1. The largest absolute Gasteiger partial charge is 0.399 e. The van der Waals surface area contributed by atoms with E-state index in [0.717, 1.165) is 17.1 Å². The molecule has 1 heterocycles. The number of carbonyl (C=O) groups excluding carboxylic acids is 1. The number of thiazole rings is 1. The average Bonchev–Trinajstić information content (AvgIpc) is 2.82. The quantitative estimate of drug-likeness (QED) is 0.827. The Hall–Kier alpha value is -1.30. The summed E-state index contributed by atoms with van der Waals surface area (Å²) in [6.07, 6.45) is 0.807. The molecule has 116 valence electrons. The summed E-state index contributed by atoms with van der Waals surface area (Å²) in [7, 11) is 0. The van der Waals surface area contributed by atoms with E-state index in [1.54, 1.807) is 35.6 Å². The maximum Gasteiger partial charge on any atom is 0.251 e. The summed E-state index contributed by atoms with van der Waals surface area (Å²) in [5.41, 5.74) is 7.83. The zero-order valence-electron chi connectivity index (χ0n) is 11.8. The maximum atomic E-state index is 12.2. The van der Waals surface area contributed by atoms with E-state index in [9.17, 15) is 4.79 Å². The van der Waals surface area contributed by atoms with Crippen LogP contribution in [0.2, 0.25) is 0 Å². The summed E-state index contributed by atoms with van der Waals surface area (Å²) >= 11 is 1.57. The molecule has 0 saturated carbocycles. The molecule has 4 nitrogen and oxygen atoms in total. The SMILES string of the molecule is CCC(NC(=O)c1cccc(N)c1)c1nc(C)cs1.Cl.Cl. The van der Waals surface area contributed by atoms with Crippen LogP contribution >= 0.6 is 36.2 Å². The number of hydrogen-bond donors (Lipinski definition) is 2. The molecule has 1 amide bonds. The number of amides is 1. The Bertz CT molecular complexity index is 589. The first-order chi connectivity index (χ1) is 9.10. The zero-order chi connectivity index (χ0) is 13.8. The fourth-order valence-corrected chi connectivity index (χ4v) is 2.72. The van der Waals surface area contributed by atoms with Gasteiger partial charge in [-0.1, -0.05) is 13.0 Å². The normalized spacial score (nSPS) is 11.0. The molecule has 7 heteroatoms. The van der Waals surface area contributed by atoms with Gasteiger partial charge in [0, 0.05) is 22.3 Å². The zero-order valence-corrected chi connectivity index (χ0v) is 14.3. The predicted molar refractivity (Wildman–Crippen MR) is 92.7 cm³/mol. The van der Waals surface area contributed by atoms with Crippen LogP contribution in [0.25, 0.3) is 0 Å². The standard InChI is InChI=1S/C14H17N3OS.2ClH/c1-3-12(14-16-9(2)8-19-14)17-13(18)10-5-4-6-11(15)7-10;;/h4-8,12H,3,15H2,1-2H3,(H,17,18);2*1H. The van der Waals surface area contributed by atoms with Crippen LogP contribution in [-0.4, -0.2) is 10.9 Å². The third-order valence-corrected chi connectivity index (χ3v) is 3.87. The molecule has 1 aromatic carbocycles. The third-order valence-electron chi connectivity index (χ3n) is 2.80. The molecule has 21 heavy (non-hydrogen) atoms. The summed E-state index contributed by atoms with van der Waals surface area (Å²) in [4.78, 5) is 16.6. The highest BCUT2D eigenvalue weighted by Gasteiger charge is 2.16. The molecule has 3 N–H and O–H groups in total. The van der Waals surface area contributed by atoms with E-state index in [1.165, 1.54) is 0 Å². The lowest BCUT2D eigenvalue weighted by atomic mass is 10.1. The van der Waals surface area contributed by atoms with Gasteiger partial charge < -0.3 is 11.1 Å². The van der Waals surface area contributed by atoms with Gasteiger partial charge in [0.1, 0.15) is 5.01 Å². The number of aromatic nitrogens is 1. The van der Waals surface area contributed by atoms with Gasteiger partial charge in [0.15, 0.2) is 0 Å². The van der Waals surface area contributed by atoms with Crippen molar-refractivity contribution in [3.63, 3.8) is 0 Å². The van der Waals surface area contributed by atoms with Crippen molar-refractivity contribution in [1.29, 1.82) is 0 Å². The molecule has 1 atom stereocenters. The van der Waals surface area contributed by atoms with Crippen molar-refractivity contribution < 1.29 is 4.79 Å². The number of halogens is 2. The minimum atomic E-state index is -0.119. The molecule has 0 aliphatic heterocycles. The first-order valence-corrected chi connectivity index (χ1v) is 7.06. The van der Waals surface area contributed by atoms with Gasteiger partial charge in [0.05, 0.1) is 6.04 Å². The Kier molecular flexibility index (Phi) is 8.32. The van der Waals surface area contributed by atoms with Crippen LogP contribution < -0.4 is 11.1 Å². The fourth-order valence-electron chi connectivity index (χ4n) is 1.79. The molecule has 0 spiro atoms. The van der Waals surface area contributed by atoms with Gasteiger partial charge in [-0.15, -0.1) is 36.2 Å². The fraction of sp³-hybridized carbons (Fsp3) is 0.286. The Labute approximate surface area is 141 Å². The Morgan fingerprint density at radius 1 is 1.43 bits per heavy atom. The number of nitrogen functional groups attached to an aromatic ring is 1. The van der Waals surface area contributed by atoms with Crippen LogP contribution in [0.5, 0.6) is 0 Å². The molecule has 0 fully saturated rings. The number of anilines is 1. The maximum absolute atomic E-state index is 12.2. The number of hydrogen-bond acceptors (Lipinski definition) is 4. The van der Waals surface area contributed by atoms with Crippen LogP contribution in [0, 0.1) is 6.92 Å². The number of nitrogens with two attached hydrogens (primary N) is 1. The van der Waals surface area contributed by atoms with Crippen molar-refractivity contribution >= 4 is 47.7 Å². The van der Waals surface area contributed by atoms with Crippen LogP contribution in [0.3, 0.4) is 0 Å². The van der Waals surface area contributed by atoms with Crippen molar-refractivity contribution in [2.75, 3.05) is 5.73 Å². The van der Waals surface area contributed by atoms with Gasteiger partial charge in [-0.25, -0.2) is 4.98 Å². The van der Waals surface area contributed by atoms with Crippen LogP contribution in [0.15, 0.2) is 29.6 Å². The number of nitrogens with one attached hydrogen (secondary N) is 1. The van der Waals surface area contributed by atoms with Crippen molar-refractivity contribution in [3.05, 3.63) is 45.9 Å². The molecule has 2 aromatic rings. The molecule has 1 aromatic heterocycles. The highest BCUT2D eigenvalue weighted by molar-refractivity contribution is 7.09. The Morgan fingerprint density at radius 2 is 2.14 bits per heavy atom. The number of carbonyl (C=O) groups is 1. The lowest BCUT2D eigenvalue weighted by Crippen LogP contribution is -2.28. The second-order valence-electron chi connectivity index (χ2n) is 4.39. The van der Waals surface area contributed by atoms with E-state index in [0.29, 0.717) is 11.3 Å². The minimum Gasteiger partial charge on any atom is -0.399 e. The highest BCUT2D eigenvalue weighted by atomic mass is 35.5. The van der Waals surface area contributed by atoms with E-state index >= 15 is 0 Å². The van der Waals surface area contributed by atoms with Gasteiger partial charge in [-0.2, -0.15) is 0 Å². The first-order valence-electron chi connectivity index (χ1n) is 6.18. The monoisotopic (exact) mass is 347 g/mol. The van der Waals surface area contributed by atoms with Gasteiger partial charge in [-0.05, 0) is 31.5 Å². The highest BCUT2D eigenvalue weighted by Crippen LogP contribution is 2.21. The van der Waals surface area contributed by atoms with E-state index in [-0.39, 0.29) is 36.8 Å². The molecule has 0 saturated heterocycles. The summed E-state index contributed by atoms with van der Waals surface area (Å²) in [5, 5.41) is 5.93. The van der Waals surface area contributed by atoms with E-state index in [1.807, 2.05) is 19.2 Å². The van der Waals surface area contributed by atoms with Gasteiger partial charge >= 0.3 is 0 Å². The minimum absolute atomic E-state index is 0. The molecular weight excluding hydrogens is 329 g/mol. The van der Waals surface area contributed by atoms with Crippen molar-refractivity contribution in [2.45, 2.75) is 26.3 Å². The van der Waals surface area contributed by atoms with Crippen molar-refractivity contribution in [3.8, 4) is 0 Å². The number of aryl methyl sites for hydroxylation is 1. The third kappa shape index (κ3) is 5.19. The average molecular weight is 348 g/mol. The van der Waals surface area contributed by atoms with E-state index < -0.39 is 0 Å². The molecule has 0 aliphatic rings. The second-order valence-corrected chi connectivity index (χ2v) is 5.28. The van der Waals surface area contributed by atoms with Crippen LogP contribution in [-0.2, 0) is 0 Å². The number of nitrogens with zero attached hydrogens (tertiary/aromatic N) is 1. The van der Waals surface area contributed by atoms with E-state index in [2.05, 4.69) is 10.3 Å². The van der Waals surface area contributed by atoms with Crippen LogP contribution in [0.1, 0.15) is 40.4 Å². The van der Waals surface area contributed by atoms with Crippen molar-refractivity contribution in [1.82, 2.24) is 10.3 Å². The smallest absolute Gasteiger partial charge is 0.251 e. The summed E-state index contributed by atoms with van der Waals surface area (Å²) in [5.74, 6) is -0.119. The lowest BCUT2D eigenvalue weighted by molar-refractivity contribution is 0.0935. The number of rotatable bonds is 4. The van der Waals surface area contributed by atoms with E-state index in [4.69, 9.17) is 5.73 Å². The molecule has 0 aliphatic carbocycles. The topological polar surface area (TPSA) is 68.0 Å². The molecular formula is C14H19Cl2N3OS. The summed E-state index contributed by atoms with van der Waals surface area (Å²) in [6.45, 7) is 3.98. The summed E-state index contributed by atoms with van der Waals surface area (Å²) < 4.78 is 0.